The Balaban J connectivity index is 2.56. The molecule has 0 aliphatic heterocycles. The lowest BCUT2D eigenvalue weighted by Crippen LogP contribution is -2.21. The van der Waals surface area contributed by atoms with E-state index in [0.717, 1.165) is 18.8 Å². The smallest absolute Gasteiger partial charge is 0.118 e. The number of nitrogens with one attached hydrogen (secondary N) is 1. The van der Waals surface area contributed by atoms with E-state index < -0.39 is 0 Å². The zero-order valence-corrected chi connectivity index (χ0v) is 10.6. The molecule has 0 spiro atoms. The van der Waals surface area contributed by atoms with Crippen molar-refractivity contribution in [3.63, 3.8) is 0 Å². The lowest BCUT2D eigenvalue weighted by molar-refractivity contribution is 0.414. The van der Waals surface area contributed by atoms with Gasteiger partial charge in [-0.05, 0) is 43.0 Å². The Morgan fingerprint density at radius 1 is 1.19 bits per heavy atom. The molecule has 0 saturated heterocycles. The van der Waals surface area contributed by atoms with Crippen LogP contribution in [0, 0.1) is 0 Å². The summed E-state index contributed by atoms with van der Waals surface area (Å²) < 4.78 is 5.17. The minimum Gasteiger partial charge on any atom is -0.497 e. The molecule has 0 radical (unpaired) electrons. The molecule has 0 heterocycles. The third-order valence-corrected chi connectivity index (χ3v) is 2.90. The molecule has 0 amide bonds. The quantitative estimate of drug-likeness (QED) is 0.714. The minimum absolute atomic E-state index is 0.609. The van der Waals surface area contributed by atoms with Crippen LogP contribution in [-0.4, -0.2) is 20.2 Å². The molecule has 0 fully saturated rings. The summed E-state index contributed by atoms with van der Waals surface area (Å²) in [4.78, 5) is 0. The molecule has 1 N–H and O–H groups in total. The third kappa shape index (κ3) is 3.86. The topological polar surface area (TPSA) is 21.3 Å². The minimum atomic E-state index is 0.609. The molecular formula is C14H23NO. The number of hydrogen-bond acceptors (Lipinski definition) is 2. The van der Waals surface area contributed by atoms with Gasteiger partial charge in [0.1, 0.15) is 5.75 Å². The molecule has 0 aromatic heterocycles. The summed E-state index contributed by atoms with van der Waals surface area (Å²) in [5.74, 6) is 1.54. The van der Waals surface area contributed by atoms with Gasteiger partial charge in [-0.2, -0.15) is 0 Å². The molecule has 16 heavy (non-hydrogen) atoms. The lowest BCUT2D eigenvalue weighted by Gasteiger charge is -2.16. The Labute approximate surface area is 99.0 Å². The van der Waals surface area contributed by atoms with E-state index >= 15 is 0 Å². The summed E-state index contributed by atoms with van der Waals surface area (Å²) in [7, 11) is 1.70. The fraction of sp³-hybridized carbons (Fsp3) is 0.571. The molecule has 0 saturated carbocycles. The molecule has 1 unspecified atom stereocenters. The molecule has 0 aliphatic carbocycles. The maximum Gasteiger partial charge on any atom is 0.118 e. The van der Waals surface area contributed by atoms with Crippen molar-refractivity contribution in [3.05, 3.63) is 29.8 Å². The summed E-state index contributed by atoms with van der Waals surface area (Å²) in [6, 6.07) is 8.41. The van der Waals surface area contributed by atoms with Crippen LogP contribution < -0.4 is 10.1 Å². The molecule has 1 aromatic rings. The van der Waals surface area contributed by atoms with Gasteiger partial charge in [0.2, 0.25) is 0 Å². The van der Waals surface area contributed by atoms with E-state index in [1.165, 1.54) is 18.4 Å². The normalized spacial score (nSPS) is 12.4. The molecule has 1 rings (SSSR count). The van der Waals surface area contributed by atoms with Crippen molar-refractivity contribution in [3.8, 4) is 5.75 Å². The Bertz CT molecular complexity index is 281. The molecule has 0 aliphatic rings. The predicted molar refractivity (Wildman–Crippen MR) is 69.2 cm³/mol. The van der Waals surface area contributed by atoms with Gasteiger partial charge < -0.3 is 10.1 Å². The fourth-order valence-corrected chi connectivity index (χ4v) is 1.83. The zero-order chi connectivity index (χ0) is 11.8. The Morgan fingerprint density at radius 2 is 1.88 bits per heavy atom. The predicted octanol–water partition coefficient (Wildman–Crippen LogP) is 3.19. The van der Waals surface area contributed by atoms with Crippen LogP contribution in [0.15, 0.2) is 24.3 Å². The van der Waals surface area contributed by atoms with Gasteiger partial charge in [0.05, 0.1) is 7.11 Å². The maximum atomic E-state index is 5.17. The highest BCUT2D eigenvalue weighted by molar-refractivity contribution is 5.29. The summed E-state index contributed by atoms with van der Waals surface area (Å²) in [5.41, 5.74) is 1.40. The summed E-state index contributed by atoms with van der Waals surface area (Å²) in [5, 5.41) is 3.48. The molecule has 1 aromatic carbocycles. The highest BCUT2D eigenvalue weighted by Crippen LogP contribution is 2.21. The fourth-order valence-electron chi connectivity index (χ4n) is 1.83. The Morgan fingerprint density at radius 3 is 2.38 bits per heavy atom. The van der Waals surface area contributed by atoms with Gasteiger partial charge in [-0.15, -0.1) is 0 Å². The van der Waals surface area contributed by atoms with Crippen molar-refractivity contribution in [2.75, 3.05) is 20.2 Å². The van der Waals surface area contributed by atoms with E-state index in [2.05, 4.69) is 31.3 Å². The van der Waals surface area contributed by atoms with Gasteiger partial charge in [-0.1, -0.05) is 26.0 Å². The molecule has 2 heteroatoms. The molecule has 90 valence electrons. The monoisotopic (exact) mass is 221 g/mol. The van der Waals surface area contributed by atoms with E-state index in [4.69, 9.17) is 4.74 Å². The molecule has 2 nitrogen and oxygen atoms in total. The first kappa shape index (κ1) is 13.0. The van der Waals surface area contributed by atoms with Crippen LogP contribution in [0.1, 0.15) is 38.2 Å². The van der Waals surface area contributed by atoms with Gasteiger partial charge in [-0.25, -0.2) is 0 Å². The average molecular weight is 221 g/mol. The second-order valence-corrected chi connectivity index (χ2v) is 4.08. The van der Waals surface area contributed by atoms with Gasteiger partial charge >= 0.3 is 0 Å². The first-order valence-electron chi connectivity index (χ1n) is 6.16. The van der Waals surface area contributed by atoms with Crippen LogP contribution in [0.25, 0.3) is 0 Å². The van der Waals surface area contributed by atoms with Crippen molar-refractivity contribution < 1.29 is 4.74 Å². The average Bonchev–Trinajstić information content (AvgIpc) is 2.35. The number of ether oxygens (including phenoxy) is 1. The van der Waals surface area contributed by atoms with Gasteiger partial charge in [0, 0.05) is 6.54 Å². The van der Waals surface area contributed by atoms with Crippen molar-refractivity contribution in [2.24, 2.45) is 0 Å². The Kier molecular flexibility index (Phi) is 5.94. The lowest BCUT2D eigenvalue weighted by atomic mass is 9.96. The second-order valence-electron chi connectivity index (χ2n) is 4.08. The van der Waals surface area contributed by atoms with Crippen LogP contribution >= 0.6 is 0 Å². The van der Waals surface area contributed by atoms with Crippen molar-refractivity contribution in [2.45, 2.75) is 32.6 Å². The standard InChI is InChI=1S/C14H23NO/c1-4-10-15-11-12(5-2)13-6-8-14(16-3)9-7-13/h6-9,12,15H,4-5,10-11H2,1-3H3. The van der Waals surface area contributed by atoms with Crippen molar-refractivity contribution in [1.29, 1.82) is 0 Å². The maximum absolute atomic E-state index is 5.17. The van der Waals surface area contributed by atoms with Gasteiger partial charge in [0.25, 0.3) is 0 Å². The zero-order valence-electron chi connectivity index (χ0n) is 10.6. The number of methoxy groups -OCH3 is 1. The first-order chi connectivity index (χ1) is 7.81. The second kappa shape index (κ2) is 7.29. The van der Waals surface area contributed by atoms with Crippen LogP contribution in [0.3, 0.4) is 0 Å². The largest absolute Gasteiger partial charge is 0.497 e. The van der Waals surface area contributed by atoms with Crippen molar-refractivity contribution >= 4 is 0 Å². The van der Waals surface area contributed by atoms with Crippen LogP contribution in [0.2, 0.25) is 0 Å². The number of rotatable bonds is 7. The summed E-state index contributed by atoms with van der Waals surface area (Å²) in [6.07, 6.45) is 2.36. The number of hydrogen-bond donors (Lipinski definition) is 1. The Hall–Kier alpha value is -1.02. The third-order valence-electron chi connectivity index (χ3n) is 2.90. The first-order valence-corrected chi connectivity index (χ1v) is 6.16. The van der Waals surface area contributed by atoms with Crippen molar-refractivity contribution in [1.82, 2.24) is 5.32 Å². The highest BCUT2D eigenvalue weighted by atomic mass is 16.5. The van der Waals surface area contributed by atoms with E-state index in [9.17, 15) is 0 Å². The van der Waals surface area contributed by atoms with Gasteiger partial charge in [0.15, 0.2) is 0 Å². The van der Waals surface area contributed by atoms with E-state index in [0.29, 0.717) is 5.92 Å². The van der Waals surface area contributed by atoms with E-state index in [1.807, 2.05) is 12.1 Å². The molecule has 0 bridgehead atoms. The van der Waals surface area contributed by atoms with Crippen LogP contribution in [0.4, 0.5) is 0 Å². The number of benzene rings is 1. The SMILES string of the molecule is CCCNCC(CC)c1ccc(OC)cc1. The van der Waals surface area contributed by atoms with Crippen LogP contribution in [0.5, 0.6) is 5.75 Å². The van der Waals surface area contributed by atoms with E-state index in [-0.39, 0.29) is 0 Å². The summed E-state index contributed by atoms with van der Waals surface area (Å²) in [6.45, 7) is 6.60. The molecular weight excluding hydrogens is 198 g/mol. The van der Waals surface area contributed by atoms with E-state index in [1.54, 1.807) is 7.11 Å². The summed E-state index contributed by atoms with van der Waals surface area (Å²) >= 11 is 0. The molecule has 1 atom stereocenters. The van der Waals surface area contributed by atoms with Crippen LogP contribution in [-0.2, 0) is 0 Å². The highest BCUT2D eigenvalue weighted by Gasteiger charge is 2.08. The van der Waals surface area contributed by atoms with Gasteiger partial charge in [-0.3, -0.25) is 0 Å².